The molecule has 1 atom stereocenters. The molecule has 2 aliphatic rings. The van der Waals surface area contributed by atoms with Crippen LogP contribution in [0.5, 0.6) is 0 Å². The Hall–Kier alpha value is -4.06. The van der Waals surface area contributed by atoms with Gasteiger partial charge in [0.1, 0.15) is 39.9 Å². The number of amides is 1. The van der Waals surface area contributed by atoms with E-state index in [2.05, 4.69) is 20.2 Å². The molecule has 1 saturated heterocycles. The molecule has 4 heterocycles. The monoisotopic (exact) mass is 589 g/mol. The third-order valence-electron chi connectivity index (χ3n) is 8.47. The summed E-state index contributed by atoms with van der Waals surface area (Å²) in [5, 5.41) is 12.8. The maximum absolute atomic E-state index is 12.7. The van der Waals surface area contributed by atoms with Crippen LogP contribution in [-0.4, -0.2) is 67.0 Å². The summed E-state index contributed by atoms with van der Waals surface area (Å²) >= 11 is 6.67. The number of carbonyl (C=O) groups excluding carboxylic acids is 1. The molecule has 3 aromatic heterocycles. The first kappa shape index (κ1) is 28.1. The van der Waals surface area contributed by atoms with Crippen molar-refractivity contribution in [3.63, 3.8) is 0 Å². The molecule has 42 heavy (non-hydrogen) atoms. The smallest absolute Gasteiger partial charge is 0.309 e. The first-order chi connectivity index (χ1) is 20.2. The lowest BCUT2D eigenvalue weighted by molar-refractivity contribution is -0.151. The maximum atomic E-state index is 12.7. The van der Waals surface area contributed by atoms with Crippen LogP contribution in [0.25, 0.3) is 16.8 Å². The lowest BCUT2D eigenvalue weighted by Gasteiger charge is -2.42. The molecule has 1 aliphatic carbocycles. The van der Waals surface area contributed by atoms with Crippen LogP contribution >= 0.6 is 11.6 Å². The van der Waals surface area contributed by atoms with E-state index in [4.69, 9.17) is 27.1 Å². The van der Waals surface area contributed by atoms with Crippen LogP contribution in [0.4, 0.5) is 11.6 Å². The highest BCUT2D eigenvalue weighted by Crippen LogP contribution is 2.40. The Bertz CT molecular complexity index is 1620. The second kappa shape index (κ2) is 11.3. The molecule has 0 spiro atoms. The van der Waals surface area contributed by atoms with Gasteiger partial charge in [0, 0.05) is 36.5 Å². The van der Waals surface area contributed by atoms with Gasteiger partial charge in [0.2, 0.25) is 0 Å². The minimum Gasteiger partial charge on any atom is -0.481 e. The lowest BCUT2D eigenvalue weighted by Crippen LogP contribution is -2.48. The summed E-state index contributed by atoms with van der Waals surface area (Å²) in [5.74, 6) is 0.363. The van der Waals surface area contributed by atoms with E-state index < -0.39 is 11.4 Å². The maximum Gasteiger partial charge on any atom is 0.309 e. The molecule has 4 N–H and O–H groups in total. The summed E-state index contributed by atoms with van der Waals surface area (Å²) in [7, 11) is 0. The Labute approximate surface area is 247 Å². The standard InChI is InChI=1S/C30H32ClN7O4/c1-30(29(40)41)11-9-20(10-12-30)37-14-15-42-21(17-37)27-36-24(25-26(32)34-16-22(31)38(25)27)18-5-7-19(8-6-18)28(39)35-23-4-2-3-13-33-23/h2-8,13,16,20-21H,9-12,14-15,17H2,1H3,(H2,32,34)(H,40,41)(H,33,35,39)/t20?,21-,30?/m1/s1. The summed E-state index contributed by atoms with van der Waals surface area (Å²) in [4.78, 5) is 40.3. The highest BCUT2D eigenvalue weighted by molar-refractivity contribution is 6.30. The SMILES string of the molecule is CC1(C(=O)O)CCC(N2CCO[C@@H](c3nc(-c4ccc(C(=O)Nc5ccccn5)cc4)c4c(N)ncc(Cl)n34)C2)CC1. The number of nitrogens with one attached hydrogen (secondary N) is 1. The Morgan fingerprint density at radius 1 is 1.14 bits per heavy atom. The van der Waals surface area contributed by atoms with Crippen molar-refractivity contribution in [2.24, 2.45) is 5.41 Å². The summed E-state index contributed by atoms with van der Waals surface area (Å²) in [6, 6.07) is 12.7. The molecule has 1 saturated carbocycles. The summed E-state index contributed by atoms with van der Waals surface area (Å²) < 4.78 is 8.01. The van der Waals surface area contributed by atoms with Gasteiger partial charge in [0.15, 0.2) is 0 Å². The van der Waals surface area contributed by atoms with E-state index in [9.17, 15) is 14.7 Å². The quantitative estimate of drug-likeness (QED) is 0.291. The second-order valence-corrected chi connectivity index (χ2v) is 11.6. The van der Waals surface area contributed by atoms with E-state index >= 15 is 0 Å². The van der Waals surface area contributed by atoms with Gasteiger partial charge in [-0.15, -0.1) is 0 Å². The van der Waals surface area contributed by atoms with Crippen LogP contribution in [0.15, 0.2) is 54.9 Å². The number of carboxylic acid groups (broad SMARTS) is 1. The van der Waals surface area contributed by atoms with Crippen LogP contribution in [-0.2, 0) is 9.53 Å². The molecule has 0 unspecified atom stereocenters. The number of aromatic nitrogens is 4. The fraction of sp³-hybridized carbons (Fsp3) is 0.367. The van der Waals surface area contributed by atoms with Gasteiger partial charge in [-0.3, -0.25) is 18.9 Å². The van der Waals surface area contributed by atoms with Crippen molar-refractivity contribution in [3.8, 4) is 11.3 Å². The van der Waals surface area contributed by atoms with E-state index in [0.29, 0.717) is 59.6 Å². The molecular formula is C30H32ClN7O4. The van der Waals surface area contributed by atoms with Crippen molar-refractivity contribution in [1.82, 2.24) is 24.3 Å². The zero-order valence-electron chi connectivity index (χ0n) is 23.2. The number of nitrogens with two attached hydrogens (primary N) is 1. The number of fused-ring (bicyclic) bond motifs is 1. The van der Waals surface area contributed by atoms with Crippen molar-refractivity contribution < 1.29 is 19.4 Å². The number of halogens is 1. The van der Waals surface area contributed by atoms with Crippen LogP contribution in [0.2, 0.25) is 5.15 Å². The minimum absolute atomic E-state index is 0.276. The zero-order chi connectivity index (χ0) is 29.4. The number of nitrogens with zero attached hydrogens (tertiary/aromatic N) is 5. The summed E-state index contributed by atoms with van der Waals surface area (Å²) in [6.45, 7) is 3.71. The van der Waals surface area contributed by atoms with Crippen molar-refractivity contribution in [3.05, 3.63) is 71.4 Å². The van der Waals surface area contributed by atoms with Gasteiger partial charge in [0.25, 0.3) is 5.91 Å². The fourth-order valence-corrected chi connectivity index (χ4v) is 6.15. The van der Waals surface area contributed by atoms with Gasteiger partial charge < -0.3 is 20.9 Å². The van der Waals surface area contributed by atoms with Crippen molar-refractivity contribution in [2.45, 2.75) is 44.8 Å². The normalized spacial score (nSPS) is 23.1. The Kier molecular flexibility index (Phi) is 7.56. The van der Waals surface area contributed by atoms with Gasteiger partial charge in [-0.05, 0) is 56.9 Å². The van der Waals surface area contributed by atoms with Gasteiger partial charge >= 0.3 is 5.97 Å². The van der Waals surface area contributed by atoms with Crippen LogP contribution in [0, 0.1) is 5.41 Å². The van der Waals surface area contributed by atoms with Gasteiger partial charge in [-0.1, -0.05) is 29.8 Å². The number of rotatable bonds is 6. The first-order valence-electron chi connectivity index (χ1n) is 14.0. The van der Waals surface area contributed by atoms with Crippen molar-refractivity contribution >= 4 is 40.6 Å². The van der Waals surface area contributed by atoms with Crippen LogP contribution < -0.4 is 11.1 Å². The van der Waals surface area contributed by atoms with E-state index in [1.807, 2.05) is 19.1 Å². The van der Waals surface area contributed by atoms with E-state index in [-0.39, 0.29) is 23.9 Å². The number of carbonyl (C=O) groups is 2. The molecule has 2 fully saturated rings. The van der Waals surface area contributed by atoms with Gasteiger partial charge in [-0.2, -0.15) is 0 Å². The summed E-state index contributed by atoms with van der Waals surface area (Å²) in [6.07, 6.45) is 5.67. The Morgan fingerprint density at radius 3 is 2.60 bits per heavy atom. The molecule has 218 valence electrons. The third kappa shape index (κ3) is 5.31. The second-order valence-electron chi connectivity index (χ2n) is 11.2. The molecule has 1 aliphatic heterocycles. The topological polar surface area (TPSA) is 148 Å². The van der Waals surface area contributed by atoms with E-state index in [1.165, 1.54) is 6.20 Å². The average Bonchev–Trinajstić information content (AvgIpc) is 3.42. The molecule has 0 radical (unpaired) electrons. The third-order valence-corrected chi connectivity index (χ3v) is 8.74. The van der Waals surface area contributed by atoms with E-state index in [1.54, 1.807) is 40.9 Å². The number of hydrogen-bond donors (Lipinski definition) is 3. The predicted octanol–water partition coefficient (Wildman–Crippen LogP) is 4.69. The number of ether oxygens (including phenoxy) is 1. The molecule has 1 amide bonds. The molecule has 0 bridgehead atoms. The van der Waals surface area contributed by atoms with Crippen LogP contribution in [0.1, 0.15) is 54.9 Å². The highest BCUT2D eigenvalue weighted by atomic mass is 35.5. The first-order valence-corrected chi connectivity index (χ1v) is 14.4. The molecule has 12 heteroatoms. The molecular weight excluding hydrogens is 558 g/mol. The molecule has 4 aromatic rings. The highest BCUT2D eigenvalue weighted by Gasteiger charge is 2.40. The summed E-state index contributed by atoms with van der Waals surface area (Å²) in [5.41, 5.74) is 8.07. The largest absolute Gasteiger partial charge is 0.481 e. The number of pyridine rings is 1. The van der Waals surface area contributed by atoms with E-state index in [0.717, 1.165) is 24.9 Å². The number of imidazole rings is 1. The number of carboxylic acids is 1. The zero-order valence-corrected chi connectivity index (χ0v) is 23.9. The number of hydrogen-bond acceptors (Lipinski definition) is 8. The number of morpholine rings is 1. The lowest BCUT2D eigenvalue weighted by atomic mass is 9.73. The van der Waals surface area contributed by atoms with Crippen LogP contribution in [0.3, 0.4) is 0 Å². The van der Waals surface area contributed by atoms with Gasteiger partial charge in [-0.25, -0.2) is 15.0 Å². The number of anilines is 2. The Balaban J connectivity index is 1.27. The fourth-order valence-electron chi connectivity index (χ4n) is 5.93. The van der Waals surface area contributed by atoms with Crippen molar-refractivity contribution in [1.29, 1.82) is 0 Å². The van der Waals surface area contributed by atoms with Gasteiger partial charge in [0.05, 0.1) is 18.2 Å². The number of aliphatic carboxylic acids is 1. The average molecular weight is 590 g/mol. The molecule has 6 rings (SSSR count). The molecule has 1 aromatic carbocycles. The van der Waals surface area contributed by atoms with Crippen molar-refractivity contribution in [2.75, 3.05) is 30.7 Å². The Morgan fingerprint density at radius 2 is 1.90 bits per heavy atom. The molecule has 11 nitrogen and oxygen atoms in total. The minimum atomic E-state index is -0.722. The number of benzene rings is 1. The number of nitrogen functional groups attached to an aromatic ring is 1. The predicted molar refractivity (Wildman–Crippen MR) is 158 cm³/mol.